The van der Waals surface area contributed by atoms with Crippen molar-refractivity contribution in [3.63, 3.8) is 0 Å². The van der Waals surface area contributed by atoms with Gasteiger partial charge in [0.05, 0.1) is 5.92 Å². The Morgan fingerprint density at radius 1 is 0.815 bits per heavy atom. The minimum absolute atomic E-state index is 0.102. The van der Waals surface area contributed by atoms with E-state index in [-0.39, 0.29) is 17.9 Å². The zero-order chi connectivity index (χ0) is 19.1. The van der Waals surface area contributed by atoms with Crippen LogP contribution in [0.4, 0.5) is 0 Å². The summed E-state index contributed by atoms with van der Waals surface area (Å²) in [4.78, 5) is 25.6. The number of carbonyl (C=O) groups excluding carboxylic acids is 2. The van der Waals surface area contributed by atoms with E-state index in [4.69, 9.17) is 0 Å². The lowest BCUT2D eigenvalue weighted by atomic mass is 9.90. The van der Waals surface area contributed by atoms with Crippen molar-refractivity contribution in [1.82, 2.24) is 10.6 Å². The summed E-state index contributed by atoms with van der Waals surface area (Å²) in [6.07, 6.45) is 5.63. The molecule has 1 atom stereocenters. The molecule has 0 heterocycles. The second kappa shape index (κ2) is 9.36. The van der Waals surface area contributed by atoms with Gasteiger partial charge in [-0.2, -0.15) is 0 Å². The van der Waals surface area contributed by atoms with Crippen LogP contribution in [0.15, 0.2) is 60.7 Å². The molecule has 1 saturated carbocycles. The van der Waals surface area contributed by atoms with Crippen LogP contribution in [0.1, 0.15) is 56.1 Å². The van der Waals surface area contributed by atoms with Crippen LogP contribution in [-0.4, -0.2) is 23.9 Å². The quantitative estimate of drug-likeness (QED) is 0.820. The lowest BCUT2D eigenvalue weighted by Crippen LogP contribution is -2.49. The Morgan fingerprint density at radius 2 is 1.33 bits per heavy atom. The first-order valence-electron chi connectivity index (χ1n) is 9.86. The SMILES string of the molecule is C[C@H](NC(=O)C(c1ccccc1)c1ccccc1)C(=O)NC1CCCCC1. The molecule has 0 spiro atoms. The Hall–Kier alpha value is -2.62. The Kier molecular flexibility index (Phi) is 6.64. The highest BCUT2D eigenvalue weighted by Gasteiger charge is 2.26. The molecule has 2 aromatic rings. The van der Waals surface area contributed by atoms with Gasteiger partial charge in [-0.15, -0.1) is 0 Å². The van der Waals surface area contributed by atoms with E-state index in [0.717, 1.165) is 36.8 Å². The largest absolute Gasteiger partial charge is 0.352 e. The van der Waals surface area contributed by atoms with Crippen LogP contribution in [0.3, 0.4) is 0 Å². The zero-order valence-corrected chi connectivity index (χ0v) is 15.9. The maximum atomic E-state index is 13.1. The van der Waals surface area contributed by atoms with Crippen molar-refractivity contribution < 1.29 is 9.59 Å². The van der Waals surface area contributed by atoms with Crippen molar-refractivity contribution in [3.05, 3.63) is 71.8 Å². The number of benzene rings is 2. The van der Waals surface area contributed by atoms with Crippen molar-refractivity contribution in [3.8, 4) is 0 Å². The number of nitrogens with one attached hydrogen (secondary N) is 2. The normalized spacial score (nSPS) is 15.9. The van der Waals surface area contributed by atoms with Gasteiger partial charge in [-0.1, -0.05) is 79.9 Å². The third-order valence-corrected chi connectivity index (χ3v) is 5.23. The van der Waals surface area contributed by atoms with Crippen LogP contribution >= 0.6 is 0 Å². The van der Waals surface area contributed by atoms with E-state index in [1.807, 2.05) is 60.7 Å². The summed E-state index contributed by atoms with van der Waals surface area (Å²) in [5, 5.41) is 6.00. The lowest BCUT2D eigenvalue weighted by molar-refractivity contribution is -0.129. The highest BCUT2D eigenvalue weighted by atomic mass is 16.2. The van der Waals surface area contributed by atoms with E-state index in [9.17, 15) is 9.59 Å². The summed E-state index contributed by atoms with van der Waals surface area (Å²) >= 11 is 0. The number of rotatable bonds is 6. The molecule has 1 aliphatic rings. The van der Waals surface area contributed by atoms with Gasteiger partial charge in [0, 0.05) is 6.04 Å². The van der Waals surface area contributed by atoms with Gasteiger partial charge in [-0.25, -0.2) is 0 Å². The molecule has 0 unspecified atom stereocenters. The molecule has 27 heavy (non-hydrogen) atoms. The molecular weight excluding hydrogens is 336 g/mol. The first kappa shape index (κ1) is 19.2. The fourth-order valence-corrected chi connectivity index (χ4v) is 3.72. The summed E-state index contributed by atoms with van der Waals surface area (Å²) in [5.41, 5.74) is 1.84. The van der Waals surface area contributed by atoms with Gasteiger partial charge in [0.2, 0.25) is 11.8 Å². The van der Waals surface area contributed by atoms with E-state index in [2.05, 4.69) is 10.6 Å². The molecule has 2 amide bonds. The number of amides is 2. The van der Waals surface area contributed by atoms with Gasteiger partial charge >= 0.3 is 0 Å². The third-order valence-electron chi connectivity index (χ3n) is 5.23. The molecule has 2 aromatic carbocycles. The average Bonchev–Trinajstić information content (AvgIpc) is 2.70. The molecule has 3 rings (SSSR count). The van der Waals surface area contributed by atoms with Crippen LogP contribution in [0, 0.1) is 0 Å². The predicted molar refractivity (Wildman–Crippen MR) is 107 cm³/mol. The van der Waals surface area contributed by atoms with Crippen LogP contribution in [0.2, 0.25) is 0 Å². The fraction of sp³-hybridized carbons (Fsp3) is 0.391. The minimum Gasteiger partial charge on any atom is -0.352 e. The molecule has 142 valence electrons. The summed E-state index contributed by atoms with van der Waals surface area (Å²) in [6, 6.07) is 19.1. The summed E-state index contributed by atoms with van der Waals surface area (Å²) in [5.74, 6) is -0.689. The summed E-state index contributed by atoms with van der Waals surface area (Å²) < 4.78 is 0. The molecule has 4 heteroatoms. The van der Waals surface area contributed by atoms with Crippen molar-refractivity contribution in [1.29, 1.82) is 0 Å². The first-order chi connectivity index (χ1) is 13.1. The van der Waals surface area contributed by atoms with Crippen molar-refractivity contribution in [2.75, 3.05) is 0 Å². The first-order valence-corrected chi connectivity index (χ1v) is 9.86. The molecule has 2 N–H and O–H groups in total. The maximum Gasteiger partial charge on any atom is 0.242 e. The molecule has 1 fully saturated rings. The van der Waals surface area contributed by atoms with Crippen molar-refractivity contribution >= 4 is 11.8 Å². The molecule has 0 aliphatic heterocycles. The van der Waals surface area contributed by atoms with Gasteiger partial charge in [0.25, 0.3) is 0 Å². The molecule has 0 bridgehead atoms. The Balaban J connectivity index is 1.69. The molecule has 1 aliphatic carbocycles. The van der Waals surface area contributed by atoms with Gasteiger partial charge in [0.1, 0.15) is 6.04 Å². The van der Waals surface area contributed by atoms with Gasteiger partial charge in [0.15, 0.2) is 0 Å². The fourth-order valence-electron chi connectivity index (χ4n) is 3.72. The Labute approximate surface area is 161 Å². The van der Waals surface area contributed by atoms with Crippen LogP contribution < -0.4 is 10.6 Å². The number of hydrogen-bond donors (Lipinski definition) is 2. The summed E-state index contributed by atoms with van der Waals surface area (Å²) in [7, 11) is 0. The van der Waals surface area contributed by atoms with Gasteiger partial charge in [-0.3, -0.25) is 9.59 Å². The van der Waals surface area contributed by atoms with Gasteiger partial charge in [-0.05, 0) is 30.9 Å². The van der Waals surface area contributed by atoms with Crippen molar-refractivity contribution in [2.24, 2.45) is 0 Å². The van der Waals surface area contributed by atoms with E-state index in [0.29, 0.717) is 0 Å². The van der Waals surface area contributed by atoms with E-state index >= 15 is 0 Å². The third kappa shape index (κ3) is 5.19. The Morgan fingerprint density at radius 3 is 1.85 bits per heavy atom. The smallest absolute Gasteiger partial charge is 0.242 e. The molecule has 0 saturated heterocycles. The van der Waals surface area contributed by atoms with E-state index < -0.39 is 12.0 Å². The second-order valence-electron chi connectivity index (χ2n) is 7.33. The van der Waals surface area contributed by atoms with Gasteiger partial charge < -0.3 is 10.6 Å². The standard InChI is InChI=1S/C23H28N2O2/c1-17(22(26)25-20-15-9-4-10-16-20)24-23(27)21(18-11-5-2-6-12-18)19-13-7-3-8-14-19/h2-3,5-8,11-14,17,20-21H,4,9-10,15-16H2,1H3,(H,24,27)(H,25,26)/t17-/m0/s1. The van der Waals surface area contributed by atoms with Crippen LogP contribution in [-0.2, 0) is 9.59 Å². The average molecular weight is 364 g/mol. The zero-order valence-electron chi connectivity index (χ0n) is 15.9. The van der Waals surface area contributed by atoms with Crippen LogP contribution in [0.5, 0.6) is 0 Å². The highest BCUT2D eigenvalue weighted by molar-refractivity contribution is 5.92. The lowest BCUT2D eigenvalue weighted by Gasteiger charge is -2.25. The minimum atomic E-state index is -0.561. The molecule has 4 nitrogen and oxygen atoms in total. The molecule has 0 aromatic heterocycles. The topological polar surface area (TPSA) is 58.2 Å². The second-order valence-corrected chi connectivity index (χ2v) is 7.33. The number of hydrogen-bond acceptors (Lipinski definition) is 2. The predicted octanol–water partition coefficient (Wildman–Crippen LogP) is 3.77. The Bertz CT molecular complexity index is 700. The van der Waals surface area contributed by atoms with E-state index in [1.165, 1.54) is 6.42 Å². The van der Waals surface area contributed by atoms with Crippen molar-refractivity contribution in [2.45, 2.75) is 57.0 Å². The van der Waals surface area contributed by atoms with Crippen LogP contribution in [0.25, 0.3) is 0 Å². The van der Waals surface area contributed by atoms with E-state index in [1.54, 1.807) is 6.92 Å². The monoisotopic (exact) mass is 364 g/mol. The summed E-state index contributed by atoms with van der Waals surface area (Å²) in [6.45, 7) is 1.75. The number of carbonyl (C=O) groups is 2. The molecular formula is C23H28N2O2. The highest BCUT2D eigenvalue weighted by Crippen LogP contribution is 2.25. The maximum absolute atomic E-state index is 13.1. The molecule has 0 radical (unpaired) electrons.